The van der Waals surface area contributed by atoms with E-state index in [1.54, 1.807) is 29.7 Å². The number of imidazole rings is 1. The minimum atomic E-state index is -0.919. The van der Waals surface area contributed by atoms with E-state index in [1.807, 2.05) is 6.07 Å². The number of nitriles is 1. The van der Waals surface area contributed by atoms with Gasteiger partial charge in [0.2, 0.25) is 0 Å². The molecule has 1 unspecified atom stereocenters. The summed E-state index contributed by atoms with van der Waals surface area (Å²) in [6.45, 7) is 2.00. The van der Waals surface area contributed by atoms with Gasteiger partial charge in [0.1, 0.15) is 17.4 Å². The van der Waals surface area contributed by atoms with Crippen molar-refractivity contribution in [3.05, 3.63) is 52.3 Å². The van der Waals surface area contributed by atoms with Crippen molar-refractivity contribution in [2.75, 3.05) is 0 Å². The van der Waals surface area contributed by atoms with E-state index in [0.717, 1.165) is 0 Å². The molecule has 0 saturated heterocycles. The molecule has 0 spiro atoms. The normalized spacial score (nSPS) is 20.6. The molecule has 0 amide bonds. The first kappa shape index (κ1) is 13.6. The molecule has 0 radical (unpaired) electrons. The zero-order valence-electron chi connectivity index (χ0n) is 11.1. The fraction of sp³-hybridized carbons (Fsp3) is 0.214. The monoisotopic (exact) mass is 303 g/mol. The Balaban J connectivity index is 2.19. The molecule has 1 aliphatic rings. The Morgan fingerprint density at radius 3 is 2.86 bits per heavy atom. The third-order valence-corrected chi connectivity index (χ3v) is 3.81. The van der Waals surface area contributed by atoms with Crippen LogP contribution in [0, 0.1) is 17.1 Å². The number of hydrogen-bond donors (Lipinski definition) is 1. The first-order valence-electron chi connectivity index (χ1n) is 6.23. The molecule has 0 aliphatic carbocycles. The highest BCUT2D eigenvalue weighted by Crippen LogP contribution is 2.34. The summed E-state index contributed by atoms with van der Waals surface area (Å²) in [5.41, 5.74) is 5.61. The van der Waals surface area contributed by atoms with Gasteiger partial charge >= 0.3 is 0 Å². The van der Waals surface area contributed by atoms with Crippen molar-refractivity contribution in [2.45, 2.75) is 19.0 Å². The van der Waals surface area contributed by atoms with Gasteiger partial charge in [-0.15, -0.1) is 0 Å². The minimum absolute atomic E-state index is 0.0726. The fourth-order valence-electron chi connectivity index (χ4n) is 2.58. The number of aromatic nitrogens is 2. The second kappa shape index (κ2) is 4.57. The average molecular weight is 304 g/mol. The van der Waals surface area contributed by atoms with Crippen LogP contribution in [0.4, 0.5) is 4.39 Å². The number of benzene rings is 1. The molecule has 0 fully saturated rings. The number of nitrogens with zero attached hydrogens (tertiary/aromatic N) is 4. The van der Waals surface area contributed by atoms with Gasteiger partial charge in [0, 0.05) is 5.56 Å². The van der Waals surface area contributed by atoms with Crippen LogP contribution < -0.4 is 5.73 Å². The van der Waals surface area contributed by atoms with E-state index in [4.69, 9.17) is 17.3 Å². The van der Waals surface area contributed by atoms with Crippen molar-refractivity contribution in [1.82, 2.24) is 9.55 Å². The number of aliphatic imine (C=N–C) groups is 1. The van der Waals surface area contributed by atoms with E-state index in [2.05, 4.69) is 9.98 Å². The molecule has 21 heavy (non-hydrogen) atoms. The molecular formula is C14H11ClFN5. The average Bonchev–Trinajstić information content (AvgIpc) is 2.75. The lowest BCUT2D eigenvalue weighted by atomic mass is 9.90. The summed E-state index contributed by atoms with van der Waals surface area (Å²) in [7, 11) is 0. The van der Waals surface area contributed by atoms with Crippen LogP contribution in [0.3, 0.4) is 0 Å². The molecule has 1 aromatic heterocycles. The summed E-state index contributed by atoms with van der Waals surface area (Å²) in [5, 5.41) is 9.27. The molecule has 2 aromatic rings. The van der Waals surface area contributed by atoms with Gasteiger partial charge in [-0.25, -0.2) is 9.37 Å². The first-order valence-corrected chi connectivity index (χ1v) is 6.61. The van der Waals surface area contributed by atoms with Gasteiger partial charge in [-0.2, -0.15) is 5.26 Å². The van der Waals surface area contributed by atoms with Gasteiger partial charge in [-0.1, -0.05) is 29.8 Å². The molecule has 1 aliphatic heterocycles. The number of rotatable bonds is 1. The summed E-state index contributed by atoms with van der Waals surface area (Å²) in [6.07, 6.45) is 0. The maximum absolute atomic E-state index is 14.1. The van der Waals surface area contributed by atoms with Crippen molar-refractivity contribution in [3.8, 4) is 6.07 Å². The summed E-state index contributed by atoms with van der Waals surface area (Å²) >= 11 is 5.93. The van der Waals surface area contributed by atoms with Crippen LogP contribution in [0.15, 0.2) is 29.3 Å². The van der Waals surface area contributed by atoms with E-state index in [-0.39, 0.29) is 29.0 Å². The Kier molecular flexibility index (Phi) is 2.96. The summed E-state index contributed by atoms with van der Waals surface area (Å²) in [5.74, 6) is 0.102. The van der Waals surface area contributed by atoms with E-state index < -0.39 is 5.54 Å². The molecule has 2 N–H and O–H groups in total. The third-order valence-electron chi connectivity index (χ3n) is 3.55. The lowest BCUT2D eigenvalue weighted by Gasteiger charge is -2.31. The zero-order valence-corrected chi connectivity index (χ0v) is 11.9. The van der Waals surface area contributed by atoms with Crippen LogP contribution in [0.25, 0.3) is 0 Å². The number of nitrogens with two attached hydrogens (primary N) is 1. The maximum Gasteiger partial charge on any atom is 0.177 e. The van der Waals surface area contributed by atoms with Crippen molar-refractivity contribution >= 4 is 17.4 Å². The van der Waals surface area contributed by atoms with Crippen LogP contribution >= 0.6 is 11.6 Å². The van der Waals surface area contributed by atoms with Crippen molar-refractivity contribution in [2.24, 2.45) is 10.7 Å². The first-order chi connectivity index (χ1) is 9.96. The van der Waals surface area contributed by atoms with E-state index in [0.29, 0.717) is 11.4 Å². The molecule has 1 aromatic carbocycles. The molecule has 2 heterocycles. The number of halogens is 2. The second-order valence-corrected chi connectivity index (χ2v) is 5.38. The molecule has 1 atom stereocenters. The zero-order chi connectivity index (χ0) is 15.2. The molecule has 3 rings (SSSR count). The van der Waals surface area contributed by atoms with Crippen LogP contribution in [0.5, 0.6) is 0 Å². The Hall–Kier alpha value is -2.39. The highest BCUT2D eigenvalue weighted by molar-refractivity contribution is 6.30. The quantitative estimate of drug-likeness (QED) is 0.877. The topological polar surface area (TPSA) is 80.0 Å². The predicted molar refractivity (Wildman–Crippen MR) is 76.4 cm³/mol. The third kappa shape index (κ3) is 1.98. The van der Waals surface area contributed by atoms with Crippen molar-refractivity contribution < 1.29 is 4.39 Å². The molecule has 5 nitrogen and oxygen atoms in total. The Labute approximate surface area is 125 Å². The van der Waals surface area contributed by atoms with E-state index in [1.165, 1.54) is 6.07 Å². The van der Waals surface area contributed by atoms with Gasteiger partial charge in [0.15, 0.2) is 22.5 Å². The summed E-state index contributed by atoms with van der Waals surface area (Å²) in [6, 6.07) is 8.36. The van der Waals surface area contributed by atoms with Crippen LogP contribution in [-0.4, -0.2) is 15.4 Å². The Morgan fingerprint density at radius 1 is 1.48 bits per heavy atom. The Bertz CT molecular complexity index is 804. The fourth-order valence-corrected chi connectivity index (χ4v) is 2.81. The standard InChI is InChI=1S/C14H11ClFN5/c1-14(8-4-2-3-5-9(8)16)7-21-10(6-17)11(15)19-13(21)12(18)20-14/h2-5H,7H2,1H3,(H2,18,20). The number of fused-ring (bicyclic) bond motifs is 1. The van der Waals surface area contributed by atoms with Crippen molar-refractivity contribution in [1.29, 1.82) is 5.26 Å². The summed E-state index contributed by atoms with van der Waals surface area (Å²) < 4.78 is 15.7. The maximum atomic E-state index is 14.1. The van der Waals surface area contributed by atoms with Crippen LogP contribution in [0.2, 0.25) is 5.15 Å². The minimum Gasteiger partial charge on any atom is -0.381 e. The van der Waals surface area contributed by atoms with E-state index >= 15 is 0 Å². The van der Waals surface area contributed by atoms with Gasteiger partial charge < -0.3 is 10.3 Å². The predicted octanol–water partition coefficient (Wildman–Crippen LogP) is 2.18. The van der Waals surface area contributed by atoms with Crippen LogP contribution in [-0.2, 0) is 12.1 Å². The SMILES string of the molecule is CC1(c2ccccc2F)Cn2c(nc(Cl)c2C#N)C(N)=N1. The molecular weight excluding hydrogens is 293 g/mol. The van der Waals surface area contributed by atoms with Gasteiger partial charge in [0.25, 0.3) is 0 Å². The number of hydrogen-bond acceptors (Lipinski definition) is 4. The second-order valence-electron chi connectivity index (χ2n) is 5.02. The lowest BCUT2D eigenvalue weighted by Crippen LogP contribution is -2.38. The Morgan fingerprint density at radius 2 is 2.19 bits per heavy atom. The highest BCUT2D eigenvalue weighted by atomic mass is 35.5. The highest BCUT2D eigenvalue weighted by Gasteiger charge is 2.36. The molecule has 0 bridgehead atoms. The van der Waals surface area contributed by atoms with Gasteiger partial charge in [0.05, 0.1) is 6.54 Å². The van der Waals surface area contributed by atoms with E-state index in [9.17, 15) is 9.65 Å². The molecule has 0 saturated carbocycles. The number of amidine groups is 1. The smallest absolute Gasteiger partial charge is 0.177 e. The van der Waals surface area contributed by atoms with Crippen LogP contribution in [0.1, 0.15) is 24.0 Å². The molecule has 7 heteroatoms. The van der Waals surface area contributed by atoms with Gasteiger partial charge in [-0.05, 0) is 13.0 Å². The largest absolute Gasteiger partial charge is 0.381 e. The lowest BCUT2D eigenvalue weighted by molar-refractivity contribution is 0.382. The summed E-state index contributed by atoms with van der Waals surface area (Å²) in [4.78, 5) is 8.42. The van der Waals surface area contributed by atoms with Crippen molar-refractivity contribution in [3.63, 3.8) is 0 Å². The molecule has 106 valence electrons. The van der Waals surface area contributed by atoms with Gasteiger partial charge in [-0.3, -0.25) is 4.99 Å².